The van der Waals surface area contributed by atoms with Gasteiger partial charge in [0.1, 0.15) is 0 Å². The molecule has 2 atom stereocenters. The van der Waals surface area contributed by atoms with Gasteiger partial charge >= 0.3 is 0 Å². The van der Waals surface area contributed by atoms with Crippen molar-refractivity contribution in [2.45, 2.75) is 44.9 Å². The number of anilines is 1. The molecule has 168 valence electrons. The maximum absolute atomic E-state index is 12.9. The van der Waals surface area contributed by atoms with E-state index in [4.69, 9.17) is 5.14 Å². The number of sulfonamides is 1. The molecule has 2 unspecified atom stereocenters. The zero-order valence-corrected chi connectivity index (χ0v) is 19.0. The fraction of sp³-hybridized carbons (Fsp3) is 0.391. The fourth-order valence-electron chi connectivity index (χ4n) is 3.32. The summed E-state index contributed by atoms with van der Waals surface area (Å²) in [6.45, 7) is 6.09. The lowest BCUT2D eigenvalue weighted by Gasteiger charge is -2.29. The number of amides is 2. The molecule has 0 radical (unpaired) electrons. The van der Waals surface area contributed by atoms with Crippen LogP contribution in [-0.2, 0) is 26.0 Å². The highest BCUT2D eigenvalue weighted by molar-refractivity contribution is 7.89. The van der Waals surface area contributed by atoms with Crippen LogP contribution in [0.1, 0.15) is 39.2 Å². The Balaban J connectivity index is 1.93. The lowest BCUT2D eigenvalue weighted by atomic mass is 9.78. The molecule has 2 rings (SSSR count). The quantitative estimate of drug-likeness (QED) is 0.521. The van der Waals surface area contributed by atoms with Gasteiger partial charge in [-0.1, -0.05) is 51.1 Å². The van der Waals surface area contributed by atoms with Crippen LogP contribution in [0.15, 0.2) is 59.5 Å². The summed E-state index contributed by atoms with van der Waals surface area (Å²) in [7, 11) is -3.79. The van der Waals surface area contributed by atoms with Gasteiger partial charge in [-0.15, -0.1) is 0 Å². The highest BCUT2D eigenvalue weighted by Gasteiger charge is 2.35. The molecule has 0 spiro atoms. The summed E-state index contributed by atoms with van der Waals surface area (Å²) in [4.78, 5) is 25.4. The van der Waals surface area contributed by atoms with Gasteiger partial charge < -0.3 is 10.6 Å². The van der Waals surface area contributed by atoms with Gasteiger partial charge in [0.25, 0.3) is 0 Å². The van der Waals surface area contributed by atoms with Gasteiger partial charge in [-0.2, -0.15) is 0 Å². The molecule has 0 saturated carbocycles. The largest absolute Gasteiger partial charge is 0.356 e. The average molecular weight is 446 g/mol. The first kappa shape index (κ1) is 24.6. The summed E-state index contributed by atoms with van der Waals surface area (Å²) in [5.74, 6) is -0.639. The van der Waals surface area contributed by atoms with Crippen molar-refractivity contribution in [2.75, 3.05) is 11.9 Å². The van der Waals surface area contributed by atoms with Crippen LogP contribution in [0.25, 0.3) is 0 Å². The van der Waals surface area contributed by atoms with Crippen LogP contribution in [0, 0.1) is 11.3 Å². The van der Waals surface area contributed by atoms with E-state index < -0.39 is 15.4 Å². The second-order valence-corrected chi connectivity index (χ2v) is 9.63. The molecule has 0 aliphatic carbocycles. The van der Waals surface area contributed by atoms with Crippen molar-refractivity contribution in [3.63, 3.8) is 0 Å². The minimum Gasteiger partial charge on any atom is -0.356 e. The first-order valence-electron chi connectivity index (χ1n) is 10.3. The lowest BCUT2D eigenvalue weighted by Crippen LogP contribution is -2.39. The number of nitrogens with one attached hydrogen (secondary N) is 2. The third-order valence-corrected chi connectivity index (χ3v) is 6.46. The van der Waals surface area contributed by atoms with Crippen LogP contribution in [0.5, 0.6) is 0 Å². The number of carbonyl (C=O) groups excluding carboxylic acids is 2. The van der Waals surface area contributed by atoms with Crippen molar-refractivity contribution >= 4 is 27.5 Å². The van der Waals surface area contributed by atoms with Crippen LogP contribution in [-0.4, -0.2) is 26.8 Å². The van der Waals surface area contributed by atoms with E-state index in [0.717, 1.165) is 12.0 Å². The van der Waals surface area contributed by atoms with Crippen molar-refractivity contribution in [2.24, 2.45) is 16.5 Å². The number of benzene rings is 2. The summed E-state index contributed by atoms with van der Waals surface area (Å²) in [5.41, 5.74) is 0.869. The normalized spacial score (nSPS) is 14.3. The van der Waals surface area contributed by atoms with Gasteiger partial charge in [0.05, 0.1) is 4.90 Å². The summed E-state index contributed by atoms with van der Waals surface area (Å²) >= 11 is 0. The molecule has 0 aromatic heterocycles. The zero-order chi connectivity index (χ0) is 23.1. The highest BCUT2D eigenvalue weighted by Crippen LogP contribution is 2.32. The van der Waals surface area contributed by atoms with Crippen molar-refractivity contribution in [1.82, 2.24) is 5.32 Å². The van der Waals surface area contributed by atoms with Gasteiger partial charge in [0, 0.05) is 23.6 Å². The molecule has 0 heterocycles. The second-order valence-electron chi connectivity index (χ2n) is 8.07. The molecule has 4 N–H and O–H groups in total. The molecule has 0 aliphatic rings. The minimum atomic E-state index is -3.79. The van der Waals surface area contributed by atoms with Crippen LogP contribution in [0.2, 0.25) is 0 Å². The van der Waals surface area contributed by atoms with Crippen LogP contribution < -0.4 is 15.8 Å². The van der Waals surface area contributed by atoms with Crippen molar-refractivity contribution in [3.8, 4) is 0 Å². The summed E-state index contributed by atoms with van der Waals surface area (Å²) < 4.78 is 22.7. The predicted octanol–water partition coefficient (Wildman–Crippen LogP) is 3.07. The Labute approximate surface area is 184 Å². The Kier molecular flexibility index (Phi) is 8.36. The number of primary sulfonamides is 1. The van der Waals surface area contributed by atoms with E-state index in [9.17, 15) is 18.0 Å². The van der Waals surface area contributed by atoms with Gasteiger partial charge in [0.15, 0.2) is 0 Å². The Bertz CT molecular complexity index is 991. The topological polar surface area (TPSA) is 118 Å². The fourth-order valence-corrected chi connectivity index (χ4v) is 3.84. The molecular formula is C23H31N3O4S. The monoisotopic (exact) mass is 445 g/mol. The molecule has 31 heavy (non-hydrogen) atoms. The van der Waals surface area contributed by atoms with Gasteiger partial charge in [-0.25, -0.2) is 13.6 Å². The van der Waals surface area contributed by atoms with Crippen LogP contribution >= 0.6 is 0 Å². The SMILES string of the molecule is CCC(C)(CC(C)C(=O)NCCc1ccccc1)C(=O)Nc1ccc(S(N)(=O)=O)cc1. The molecule has 0 bridgehead atoms. The maximum Gasteiger partial charge on any atom is 0.238 e. The average Bonchev–Trinajstić information content (AvgIpc) is 2.74. The van der Waals surface area contributed by atoms with E-state index in [0.29, 0.717) is 25.1 Å². The second kappa shape index (κ2) is 10.5. The van der Waals surface area contributed by atoms with E-state index in [1.807, 2.05) is 51.1 Å². The number of hydrogen-bond acceptors (Lipinski definition) is 4. The van der Waals surface area contributed by atoms with E-state index in [-0.39, 0.29) is 22.6 Å². The van der Waals surface area contributed by atoms with Gasteiger partial charge in [0.2, 0.25) is 21.8 Å². The molecule has 0 fully saturated rings. The van der Waals surface area contributed by atoms with Crippen molar-refractivity contribution in [1.29, 1.82) is 0 Å². The number of hydrogen-bond donors (Lipinski definition) is 3. The molecule has 2 aromatic carbocycles. The van der Waals surface area contributed by atoms with E-state index in [1.165, 1.54) is 24.3 Å². The summed E-state index contributed by atoms with van der Waals surface area (Å²) in [6.07, 6.45) is 1.69. The molecule has 2 aromatic rings. The Morgan fingerprint density at radius 2 is 1.68 bits per heavy atom. The number of nitrogens with two attached hydrogens (primary N) is 1. The molecular weight excluding hydrogens is 414 g/mol. The van der Waals surface area contributed by atoms with Crippen LogP contribution in [0.3, 0.4) is 0 Å². The van der Waals surface area contributed by atoms with Gasteiger partial charge in [-0.05, 0) is 49.1 Å². The molecule has 8 heteroatoms. The number of carbonyl (C=O) groups is 2. The predicted molar refractivity (Wildman–Crippen MR) is 122 cm³/mol. The Morgan fingerprint density at radius 3 is 2.23 bits per heavy atom. The number of rotatable bonds is 10. The van der Waals surface area contributed by atoms with E-state index >= 15 is 0 Å². The molecule has 2 amide bonds. The Hall–Kier alpha value is -2.71. The standard InChI is InChI=1S/C23H31N3O4S/c1-4-23(3,22(28)26-19-10-12-20(13-11-19)31(24,29)30)16-17(2)21(27)25-15-14-18-8-6-5-7-9-18/h5-13,17H,4,14-16H2,1-3H3,(H,25,27)(H,26,28)(H2,24,29,30). The van der Waals surface area contributed by atoms with E-state index in [1.54, 1.807) is 0 Å². The molecule has 7 nitrogen and oxygen atoms in total. The summed E-state index contributed by atoms with van der Waals surface area (Å²) in [5, 5.41) is 10.9. The third-order valence-electron chi connectivity index (χ3n) is 5.53. The van der Waals surface area contributed by atoms with Crippen molar-refractivity contribution in [3.05, 3.63) is 60.2 Å². The highest BCUT2D eigenvalue weighted by atomic mass is 32.2. The smallest absolute Gasteiger partial charge is 0.238 e. The maximum atomic E-state index is 12.9. The third kappa shape index (κ3) is 7.18. The minimum absolute atomic E-state index is 0.0236. The first-order valence-corrected chi connectivity index (χ1v) is 11.9. The Morgan fingerprint density at radius 1 is 1.06 bits per heavy atom. The molecule has 0 aliphatic heterocycles. The van der Waals surface area contributed by atoms with Crippen LogP contribution in [0.4, 0.5) is 5.69 Å². The lowest BCUT2D eigenvalue weighted by molar-refractivity contribution is -0.129. The molecule has 0 saturated heterocycles. The van der Waals surface area contributed by atoms with Crippen molar-refractivity contribution < 1.29 is 18.0 Å². The van der Waals surface area contributed by atoms with E-state index in [2.05, 4.69) is 10.6 Å². The zero-order valence-electron chi connectivity index (χ0n) is 18.2. The summed E-state index contributed by atoms with van der Waals surface area (Å²) in [6, 6.07) is 15.6. The first-order chi connectivity index (χ1) is 14.5. The van der Waals surface area contributed by atoms with Gasteiger partial charge in [-0.3, -0.25) is 9.59 Å².